The van der Waals surface area contributed by atoms with Crippen LogP contribution < -0.4 is 10.6 Å². The molecule has 3 N–H and O–H groups in total. The van der Waals surface area contributed by atoms with Crippen LogP contribution >= 0.6 is 0 Å². The first-order valence-electron chi connectivity index (χ1n) is 16.0. The van der Waals surface area contributed by atoms with Gasteiger partial charge in [-0.25, -0.2) is 4.39 Å². The SMILES string of the molecule is CNc1nnc(-c2ccc(C3CCN(C(=O)CN(CCCC(=O)Nc4ccc5[nH]nc(-c6ccc(F)cc6)c5c4)COC)CC3)cc2)o1. The van der Waals surface area contributed by atoms with Crippen molar-refractivity contribution in [3.8, 4) is 22.7 Å². The summed E-state index contributed by atoms with van der Waals surface area (Å²) in [5.41, 5.74) is 5.02. The first kappa shape index (κ1) is 32.8. The van der Waals surface area contributed by atoms with Crippen LogP contribution in [0.2, 0.25) is 0 Å². The number of anilines is 2. The molecule has 6 rings (SSSR count). The van der Waals surface area contributed by atoms with Gasteiger partial charge in [0, 0.05) is 62.4 Å². The quantitative estimate of drug-likeness (QED) is 0.141. The predicted molar refractivity (Wildman–Crippen MR) is 181 cm³/mol. The highest BCUT2D eigenvalue weighted by Gasteiger charge is 2.25. The molecule has 2 aromatic heterocycles. The standard InChI is InChI=1S/C35H39FN8O4/c1-37-35-42-41-34(48-35)26-7-5-23(6-8-26)24-15-18-44(19-16-24)32(46)21-43(22-47-2)17-3-4-31(45)38-28-13-14-30-29(20-28)33(40-39-30)25-9-11-27(36)12-10-25/h5-14,20,24H,3-4,15-19,21-22H2,1-2H3,(H,37,42)(H,38,45)(H,39,40). The Balaban J connectivity index is 0.956. The summed E-state index contributed by atoms with van der Waals surface area (Å²) in [5, 5.41) is 22.0. The third kappa shape index (κ3) is 7.86. The zero-order valence-corrected chi connectivity index (χ0v) is 27.0. The monoisotopic (exact) mass is 654 g/mol. The van der Waals surface area contributed by atoms with E-state index >= 15 is 0 Å². The van der Waals surface area contributed by atoms with Crippen molar-refractivity contribution in [2.75, 3.05) is 57.7 Å². The second kappa shape index (κ2) is 15.2. The molecule has 250 valence electrons. The molecule has 0 unspecified atom stereocenters. The maximum Gasteiger partial charge on any atom is 0.315 e. The van der Waals surface area contributed by atoms with Gasteiger partial charge in [0.25, 0.3) is 0 Å². The summed E-state index contributed by atoms with van der Waals surface area (Å²) in [7, 11) is 3.33. The minimum atomic E-state index is -0.314. The average molecular weight is 655 g/mol. The maximum absolute atomic E-state index is 13.4. The van der Waals surface area contributed by atoms with Crippen molar-refractivity contribution in [1.82, 2.24) is 30.2 Å². The molecule has 12 nitrogen and oxygen atoms in total. The van der Waals surface area contributed by atoms with Crippen molar-refractivity contribution in [3.63, 3.8) is 0 Å². The van der Waals surface area contributed by atoms with Gasteiger partial charge in [-0.1, -0.05) is 17.2 Å². The summed E-state index contributed by atoms with van der Waals surface area (Å²) in [6.45, 7) is 2.45. The number of nitrogens with one attached hydrogen (secondary N) is 3. The Labute approximate surface area is 277 Å². The van der Waals surface area contributed by atoms with E-state index in [9.17, 15) is 14.0 Å². The predicted octanol–water partition coefficient (Wildman–Crippen LogP) is 5.49. The molecular formula is C35H39FN8O4. The molecule has 0 aliphatic carbocycles. The lowest BCUT2D eigenvalue weighted by Gasteiger charge is -2.33. The lowest BCUT2D eigenvalue weighted by atomic mass is 9.89. The Bertz CT molecular complexity index is 1830. The molecular weight excluding hydrogens is 615 g/mol. The summed E-state index contributed by atoms with van der Waals surface area (Å²) >= 11 is 0. The van der Waals surface area contributed by atoms with Crippen LogP contribution in [0.15, 0.2) is 71.1 Å². The molecule has 1 saturated heterocycles. The van der Waals surface area contributed by atoms with Crippen molar-refractivity contribution < 1.29 is 23.1 Å². The second-order valence-electron chi connectivity index (χ2n) is 11.9. The van der Waals surface area contributed by atoms with Crippen molar-refractivity contribution in [1.29, 1.82) is 0 Å². The van der Waals surface area contributed by atoms with E-state index in [1.807, 2.05) is 40.1 Å². The lowest BCUT2D eigenvalue weighted by Crippen LogP contribution is -2.44. The van der Waals surface area contributed by atoms with Crippen molar-refractivity contribution in [2.45, 2.75) is 31.6 Å². The van der Waals surface area contributed by atoms with Gasteiger partial charge in [0.2, 0.25) is 17.7 Å². The largest absolute Gasteiger partial charge is 0.403 e. The van der Waals surface area contributed by atoms with E-state index in [4.69, 9.17) is 9.15 Å². The lowest BCUT2D eigenvalue weighted by molar-refractivity contribution is -0.134. The number of hydrogen-bond donors (Lipinski definition) is 3. The number of H-pyrrole nitrogens is 1. The summed E-state index contributed by atoms with van der Waals surface area (Å²) < 4.78 is 24.3. The fourth-order valence-corrected chi connectivity index (χ4v) is 6.07. The van der Waals surface area contributed by atoms with Crippen LogP contribution in [0.25, 0.3) is 33.6 Å². The molecule has 0 radical (unpaired) electrons. The first-order valence-corrected chi connectivity index (χ1v) is 16.0. The van der Waals surface area contributed by atoms with Gasteiger partial charge in [0.1, 0.15) is 5.82 Å². The number of nitrogens with zero attached hydrogens (tertiary/aromatic N) is 5. The molecule has 1 fully saturated rings. The van der Waals surface area contributed by atoms with Crippen LogP contribution in [0.3, 0.4) is 0 Å². The number of benzene rings is 3. The molecule has 1 aliphatic heterocycles. The van der Waals surface area contributed by atoms with Crippen LogP contribution in [0.1, 0.15) is 37.2 Å². The van der Waals surface area contributed by atoms with E-state index in [-0.39, 0.29) is 30.6 Å². The molecule has 48 heavy (non-hydrogen) atoms. The van der Waals surface area contributed by atoms with Gasteiger partial charge < -0.3 is 24.7 Å². The maximum atomic E-state index is 13.4. The number of carbonyl (C=O) groups excluding carboxylic acids is 2. The molecule has 2 amide bonds. The van der Waals surface area contributed by atoms with Gasteiger partial charge in [-0.3, -0.25) is 19.6 Å². The van der Waals surface area contributed by atoms with E-state index in [1.165, 1.54) is 17.7 Å². The first-order chi connectivity index (χ1) is 23.4. The minimum absolute atomic E-state index is 0.0624. The minimum Gasteiger partial charge on any atom is -0.403 e. The van der Waals surface area contributed by atoms with Gasteiger partial charge >= 0.3 is 6.01 Å². The second-order valence-corrected chi connectivity index (χ2v) is 11.9. The highest BCUT2D eigenvalue weighted by molar-refractivity contribution is 5.98. The Morgan fingerprint density at radius 1 is 1.04 bits per heavy atom. The molecule has 0 spiro atoms. The Morgan fingerprint density at radius 3 is 2.50 bits per heavy atom. The van der Waals surface area contributed by atoms with Crippen LogP contribution in [-0.2, 0) is 14.3 Å². The van der Waals surface area contributed by atoms with E-state index in [2.05, 4.69) is 43.2 Å². The molecule has 0 atom stereocenters. The number of carbonyl (C=O) groups is 2. The molecule has 3 heterocycles. The number of halogens is 1. The smallest absolute Gasteiger partial charge is 0.315 e. The number of amides is 2. The van der Waals surface area contributed by atoms with Crippen LogP contribution in [0, 0.1) is 5.82 Å². The van der Waals surface area contributed by atoms with Crippen LogP contribution in [0.4, 0.5) is 16.1 Å². The summed E-state index contributed by atoms with van der Waals surface area (Å²) in [5.74, 6) is 0.464. The number of methoxy groups -OCH3 is 1. The average Bonchev–Trinajstić information content (AvgIpc) is 3.76. The highest BCUT2D eigenvalue weighted by atomic mass is 19.1. The number of aromatic nitrogens is 4. The molecule has 5 aromatic rings. The van der Waals surface area contributed by atoms with E-state index < -0.39 is 0 Å². The number of fused-ring (bicyclic) bond motifs is 1. The van der Waals surface area contributed by atoms with Gasteiger partial charge in [-0.2, -0.15) is 5.10 Å². The van der Waals surface area contributed by atoms with Gasteiger partial charge in [0.15, 0.2) is 0 Å². The normalized spacial score (nSPS) is 13.7. The fraction of sp³-hybridized carbons (Fsp3) is 0.343. The molecule has 13 heteroatoms. The summed E-state index contributed by atoms with van der Waals surface area (Å²) in [4.78, 5) is 29.9. The highest BCUT2D eigenvalue weighted by Crippen LogP contribution is 2.31. The zero-order valence-electron chi connectivity index (χ0n) is 27.0. The van der Waals surface area contributed by atoms with Crippen molar-refractivity contribution in [3.05, 3.63) is 78.1 Å². The van der Waals surface area contributed by atoms with Crippen LogP contribution in [0.5, 0.6) is 0 Å². The van der Waals surface area contributed by atoms with E-state index in [1.54, 1.807) is 26.3 Å². The van der Waals surface area contributed by atoms with Gasteiger partial charge in [-0.15, -0.1) is 5.10 Å². The number of rotatable bonds is 13. The van der Waals surface area contributed by atoms with E-state index in [0.717, 1.165) is 34.9 Å². The Morgan fingerprint density at radius 2 is 1.79 bits per heavy atom. The van der Waals surface area contributed by atoms with Crippen molar-refractivity contribution >= 4 is 34.4 Å². The Kier molecular flexibility index (Phi) is 10.4. The number of aromatic amines is 1. The molecule has 0 saturated carbocycles. The Hall–Kier alpha value is -5.14. The number of piperidine rings is 1. The number of likely N-dealkylation sites (tertiary alicyclic amines) is 1. The van der Waals surface area contributed by atoms with E-state index in [0.29, 0.717) is 62.0 Å². The number of ether oxygens (including phenoxy) is 1. The van der Waals surface area contributed by atoms with Gasteiger partial charge in [-0.05, 0) is 85.3 Å². The fourth-order valence-electron chi connectivity index (χ4n) is 6.07. The zero-order chi connectivity index (χ0) is 33.5. The van der Waals surface area contributed by atoms with Crippen molar-refractivity contribution in [2.24, 2.45) is 0 Å². The molecule has 0 bridgehead atoms. The number of hydrogen-bond acceptors (Lipinski definition) is 9. The third-order valence-corrected chi connectivity index (χ3v) is 8.63. The van der Waals surface area contributed by atoms with Gasteiger partial charge in [0.05, 0.1) is 24.5 Å². The summed E-state index contributed by atoms with van der Waals surface area (Å²) in [6, 6.07) is 20.2. The van der Waals surface area contributed by atoms with Crippen LogP contribution in [-0.4, -0.2) is 89.1 Å². The topological polar surface area (TPSA) is 142 Å². The molecule has 3 aromatic carbocycles. The third-order valence-electron chi connectivity index (χ3n) is 8.63. The summed E-state index contributed by atoms with van der Waals surface area (Å²) in [6.07, 6.45) is 2.62. The molecule has 1 aliphatic rings.